The fraction of sp³-hybridized carbons (Fsp3) is 0.200. The van der Waals surface area contributed by atoms with Gasteiger partial charge in [-0.05, 0) is 35.0 Å². The standard InChI is InChI=1S/C10H8BrFN2OS/c1-10(15,8-9(11)14-5-16-8)7-3-2-6(12)4-13-7/h2-5,15H,1H3. The topological polar surface area (TPSA) is 46.0 Å². The summed E-state index contributed by atoms with van der Waals surface area (Å²) in [6.07, 6.45) is 1.08. The highest BCUT2D eigenvalue weighted by atomic mass is 79.9. The van der Waals surface area contributed by atoms with E-state index in [0.717, 1.165) is 6.20 Å². The SMILES string of the molecule is CC(O)(c1ccc(F)cn1)c1scnc1Br. The van der Waals surface area contributed by atoms with E-state index in [2.05, 4.69) is 25.9 Å². The summed E-state index contributed by atoms with van der Waals surface area (Å²) in [6, 6.07) is 2.73. The number of hydrogen-bond acceptors (Lipinski definition) is 4. The first kappa shape index (κ1) is 11.6. The van der Waals surface area contributed by atoms with E-state index in [1.165, 1.54) is 23.5 Å². The van der Waals surface area contributed by atoms with E-state index in [9.17, 15) is 9.50 Å². The van der Waals surface area contributed by atoms with Crippen molar-refractivity contribution in [2.45, 2.75) is 12.5 Å². The number of nitrogens with zero attached hydrogens (tertiary/aromatic N) is 2. The summed E-state index contributed by atoms with van der Waals surface area (Å²) in [5.41, 5.74) is 0.740. The first-order valence-electron chi connectivity index (χ1n) is 4.45. The van der Waals surface area contributed by atoms with Crippen molar-refractivity contribution >= 4 is 27.3 Å². The maximum absolute atomic E-state index is 12.7. The van der Waals surface area contributed by atoms with Crippen molar-refractivity contribution in [3.63, 3.8) is 0 Å². The Labute approximate surface area is 104 Å². The first-order chi connectivity index (χ1) is 7.51. The lowest BCUT2D eigenvalue weighted by Gasteiger charge is -2.21. The van der Waals surface area contributed by atoms with Crippen molar-refractivity contribution < 1.29 is 9.50 Å². The van der Waals surface area contributed by atoms with Crippen LogP contribution in [0, 0.1) is 5.82 Å². The number of hydrogen-bond donors (Lipinski definition) is 1. The Hall–Kier alpha value is -0.850. The monoisotopic (exact) mass is 302 g/mol. The summed E-state index contributed by atoms with van der Waals surface area (Å²) in [5.74, 6) is -0.428. The summed E-state index contributed by atoms with van der Waals surface area (Å²) in [5, 5.41) is 10.4. The lowest BCUT2D eigenvalue weighted by molar-refractivity contribution is 0.100. The van der Waals surface area contributed by atoms with Gasteiger partial charge in [-0.15, -0.1) is 11.3 Å². The van der Waals surface area contributed by atoms with Crippen molar-refractivity contribution in [1.29, 1.82) is 0 Å². The minimum Gasteiger partial charge on any atom is -0.378 e. The molecule has 2 rings (SSSR count). The zero-order valence-electron chi connectivity index (χ0n) is 8.32. The molecule has 3 nitrogen and oxygen atoms in total. The molecule has 0 radical (unpaired) electrons. The second-order valence-corrected chi connectivity index (χ2v) is 5.01. The molecule has 16 heavy (non-hydrogen) atoms. The van der Waals surface area contributed by atoms with Crippen molar-refractivity contribution in [3.8, 4) is 0 Å². The van der Waals surface area contributed by atoms with Gasteiger partial charge in [0, 0.05) is 0 Å². The maximum Gasteiger partial charge on any atom is 0.141 e. The average molecular weight is 303 g/mol. The van der Waals surface area contributed by atoms with Crippen LogP contribution in [0.4, 0.5) is 4.39 Å². The molecule has 0 fully saturated rings. The van der Waals surface area contributed by atoms with E-state index >= 15 is 0 Å². The number of pyridine rings is 1. The average Bonchev–Trinajstić information content (AvgIpc) is 2.66. The Kier molecular flexibility index (Phi) is 3.05. The van der Waals surface area contributed by atoms with Crippen molar-refractivity contribution in [2.75, 3.05) is 0 Å². The third kappa shape index (κ3) is 2.00. The number of halogens is 2. The van der Waals surface area contributed by atoms with E-state index in [-0.39, 0.29) is 0 Å². The molecule has 2 heterocycles. The van der Waals surface area contributed by atoms with Crippen LogP contribution in [0.25, 0.3) is 0 Å². The summed E-state index contributed by atoms with van der Waals surface area (Å²) in [6.45, 7) is 1.60. The number of aliphatic hydroxyl groups is 1. The fourth-order valence-corrected chi connectivity index (χ4v) is 2.98. The largest absolute Gasteiger partial charge is 0.378 e. The Morgan fingerprint density at radius 1 is 1.44 bits per heavy atom. The molecule has 0 amide bonds. The smallest absolute Gasteiger partial charge is 0.141 e. The van der Waals surface area contributed by atoms with Crippen LogP contribution in [0.2, 0.25) is 0 Å². The highest BCUT2D eigenvalue weighted by molar-refractivity contribution is 9.10. The zero-order valence-corrected chi connectivity index (χ0v) is 10.7. The summed E-state index contributed by atoms with van der Waals surface area (Å²) in [7, 11) is 0. The van der Waals surface area contributed by atoms with Gasteiger partial charge in [-0.2, -0.15) is 0 Å². The van der Waals surface area contributed by atoms with Crippen LogP contribution in [-0.2, 0) is 5.60 Å². The number of rotatable bonds is 2. The van der Waals surface area contributed by atoms with Gasteiger partial charge in [-0.1, -0.05) is 0 Å². The van der Waals surface area contributed by atoms with E-state index in [1.54, 1.807) is 12.4 Å². The van der Waals surface area contributed by atoms with Gasteiger partial charge in [0.25, 0.3) is 0 Å². The molecule has 0 spiro atoms. The molecule has 2 aromatic rings. The lowest BCUT2D eigenvalue weighted by Crippen LogP contribution is -2.23. The molecular formula is C10H8BrFN2OS. The number of aromatic nitrogens is 2. The fourth-order valence-electron chi connectivity index (χ4n) is 1.33. The molecule has 0 aliphatic heterocycles. The Morgan fingerprint density at radius 3 is 2.69 bits per heavy atom. The van der Waals surface area contributed by atoms with E-state index in [1.807, 2.05) is 0 Å². The number of thiazole rings is 1. The van der Waals surface area contributed by atoms with Gasteiger partial charge >= 0.3 is 0 Å². The summed E-state index contributed by atoms with van der Waals surface area (Å²) < 4.78 is 13.3. The molecule has 84 valence electrons. The Bertz CT molecular complexity index is 498. The van der Waals surface area contributed by atoms with Crippen LogP contribution in [0.5, 0.6) is 0 Å². The van der Waals surface area contributed by atoms with Crippen LogP contribution >= 0.6 is 27.3 Å². The second-order valence-electron chi connectivity index (χ2n) is 3.41. The highest BCUT2D eigenvalue weighted by Crippen LogP contribution is 2.35. The molecule has 0 aliphatic carbocycles. The van der Waals surface area contributed by atoms with Gasteiger partial charge in [0.2, 0.25) is 0 Å². The summed E-state index contributed by atoms with van der Waals surface area (Å²) in [4.78, 5) is 8.52. The molecule has 6 heteroatoms. The van der Waals surface area contributed by atoms with Crippen LogP contribution in [0.1, 0.15) is 17.5 Å². The van der Waals surface area contributed by atoms with Gasteiger partial charge < -0.3 is 5.11 Å². The van der Waals surface area contributed by atoms with E-state index in [0.29, 0.717) is 15.2 Å². The van der Waals surface area contributed by atoms with E-state index in [4.69, 9.17) is 0 Å². The molecule has 0 aromatic carbocycles. The molecule has 1 atom stereocenters. The molecule has 2 aromatic heterocycles. The highest BCUT2D eigenvalue weighted by Gasteiger charge is 2.31. The zero-order chi connectivity index (χ0) is 11.8. The molecule has 1 N–H and O–H groups in total. The molecular weight excluding hydrogens is 295 g/mol. The van der Waals surface area contributed by atoms with Gasteiger partial charge in [0.1, 0.15) is 16.0 Å². The van der Waals surface area contributed by atoms with Crippen LogP contribution < -0.4 is 0 Å². The predicted octanol–water partition coefficient (Wildman–Crippen LogP) is 2.70. The van der Waals surface area contributed by atoms with Crippen LogP contribution in [0.3, 0.4) is 0 Å². The first-order valence-corrected chi connectivity index (χ1v) is 6.13. The van der Waals surface area contributed by atoms with Gasteiger partial charge in [0.15, 0.2) is 0 Å². The second kappa shape index (κ2) is 4.20. The minimum atomic E-state index is -1.27. The Balaban J connectivity index is 2.46. The molecule has 1 unspecified atom stereocenters. The summed E-state index contributed by atoms with van der Waals surface area (Å²) >= 11 is 4.57. The molecule has 0 saturated heterocycles. The quantitative estimate of drug-likeness (QED) is 0.928. The third-order valence-corrected chi connectivity index (χ3v) is 4.09. The lowest BCUT2D eigenvalue weighted by atomic mass is 10.0. The molecule has 0 aliphatic rings. The normalized spacial score (nSPS) is 14.8. The maximum atomic E-state index is 12.7. The molecule has 0 bridgehead atoms. The Morgan fingerprint density at radius 2 is 2.19 bits per heavy atom. The van der Waals surface area contributed by atoms with Crippen molar-refractivity contribution in [3.05, 3.63) is 44.8 Å². The van der Waals surface area contributed by atoms with Gasteiger partial charge in [-0.3, -0.25) is 4.98 Å². The van der Waals surface area contributed by atoms with Crippen LogP contribution in [0.15, 0.2) is 28.4 Å². The third-order valence-electron chi connectivity index (χ3n) is 2.19. The van der Waals surface area contributed by atoms with Crippen LogP contribution in [-0.4, -0.2) is 15.1 Å². The molecule has 0 saturated carbocycles. The predicted molar refractivity (Wildman–Crippen MR) is 62.7 cm³/mol. The van der Waals surface area contributed by atoms with E-state index < -0.39 is 11.4 Å². The van der Waals surface area contributed by atoms with Crippen molar-refractivity contribution in [2.24, 2.45) is 0 Å². The van der Waals surface area contributed by atoms with Gasteiger partial charge in [0.05, 0.1) is 22.3 Å². The minimum absolute atomic E-state index is 0.388. The van der Waals surface area contributed by atoms with Crippen molar-refractivity contribution in [1.82, 2.24) is 9.97 Å². The van der Waals surface area contributed by atoms with Gasteiger partial charge in [-0.25, -0.2) is 9.37 Å².